The van der Waals surface area contributed by atoms with Crippen molar-refractivity contribution in [1.29, 1.82) is 0 Å². The lowest BCUT2D eigenvalue weighted by atomic mass is 10.1. The van der Waals surface area contributed by atoms with E-state index in [1.54, 1.807) is 36.4 Å². The zero-order chi connectivity index (χ0) is 23.4. The molecule has 1 saturated heterocycles. The number of methoxy groups -OCH3 is 1. The van der Waals surface area contributed by atoms with Gasteiger partial charge in [-0.25, -0.2) is 9.18 Å². The molecule has 1 heterocycles. The van der Waals surface area contributed by atoms with Crippen LogP contribution in [0.2, 0.25) is 0 Å². The Morgan fingerprint density at radius 3 is 2.52 bits per heavy atom. The number of ether oxygens (including phenoxy) is 2. The van der Waals surface area contributed by atoms with E-state index in [0.29, 0.717) is 22.6 Å². The number of nitrogens with zero attached hydrogens (tertiary/aromatic N) is 1. The molecule has 1 N–H and O–H groups in total. The summed E-state index contributed by atoms with van der Waals surface area (Å²) in [5.41, 5.74) is 3.47. The first kappa shape index (κ1) is 22.1. The molecule has 3 aromatic rings. The fourth-order valence-electron chi connectivity index (χ4n) is 3.56. The average molecular weight is 446 g/mol. The molecule has 3 aromatic carbocycles. The summed E-state index contributed by atoms with van der Waals surface area (Å²) >= 11 is 0. The first-order chi connectivity index (χ1) is 15.9. The number of nitrogens with one attached hydrogen (secondary N) is 1. The second-order valence-electron chi connectivity index (χ2n) is 7.70. The van der Waals surface area contributed by atoms with E-state index in [-0.39, 0.29) is 24.7 Å². The van der Waals surface area contributed by atoms with E-state index >= 15 is 0 Å². The first-order valence-electron chi connectivity index (χ1n) is 10.4. The smallest absolute Gasteiger partial charge is 0.329 e. The van der Waals surface area contributed by atoms with E-state index in [4.69, 9.17) is 9.47 Å². The van der Waals surface area contributed by atoms with Gasteiger partial charge in [-0.15, -0.1) is 0 Å². The van der Waals surface area contributed by atoms with Crippen molar-refractivity contribution < 1.29 is 23.5 Å². The highest BCUT2D eigenvalue weighted by Crippen LogP contribution is 2.30. The molecule has 1 fully saturated rings. The fourth-order valence-corrected chi connectivity index (χ4v) is 3.56. The lowest BCUT2D eigenvalue weighted by Gasteiger charge is -2.12. The van der Waals surface area contributed by atoms with Gasteiger partial charge < -0.3 is 14.8 Å². The van der Waals surface area contributed by atoms with Crippen LogP contribution < -0.4 is 14.8 Å². The number of carbonyl (C=O) groups is 2. The largest absolute Gasteiger partial charge is 0.493 e. The minimum Gasteiger partial charge on any atom is -0.493 e. The Morgan fingerprint density at radius 1 is 0.970 bits per heavy atom. The maximum Gasteiger partial charge on any atom is 0.329 e. The van der Waals surface area contributed by atoms with Crippen molar-refractivity contribution in [2.45, 2.75) is 20.1 Å². The summed E-state index contributed by atoms with van der Waals surface area (Å²) in [4.78, 5) is 26.4. The lowest BCUT2D eigenvalue weighted by molar-refractivity contribution is -0.123. The molecule has 168 valence electrons. The van der Waals surface area contributed by atoms with Crippen molar-refractivity contribution in [2.75, 3.05) is 7.11 Å². The predicted octanol–water partition coefficient (Wildman–Crippen LogP) is 4.81. The molecule has 4 rings (SSSR count). The quantitative estimate of drug-likeness (QED) is 0.418. The fraction of sp³-hybridized carbons (Fsp3) is 0.154. The number of hydrogen-bond donors (Lipinski definition) is 1. The van der Waals surface area contributed by atoms with Gasteiger partial charge in [0.1, 0.15) is 18.1 Å². The number of aryl methyl sites for hydroxylation is 1. The minimum absolute atomic E-state index is 0.178. The van der Waals surface area contributed by atoms with Gasteiger partial charge in [0.25, 0.3) is 5.91 Å². The highest BCUT2D eigenvalue weighted by Gasteiger charge is 2.33. The number of benzene rings is 3. The number of urea groups is 1. The van der Waals surface area contributed by atoms with E-state index in [1.807, 2.05) is 31.2 Å². The zero-order valence-corrected chi connectivity index (χ0v) is 18.3. The summed E-state index contributed by atoms with van der Waals surface area (Å²) < 4.78 is 24.5. The summed E-state index contributed by atoms with van der Waals surface area (Å²) in [6.07, 6.45) is 1.59. The number of hydrogen-bond acceptors (Lipinski definition) is 4. The molecule has 0 bridgehead atoms. The number of carbonyl (C=O) groups excluding carboxylic acids is 2. The van der Waals surface area contributed by atoms with Crippen LogP contribution in [-0.4, -0.2) is 23.9 Å². The van der Waals surface area contributed by atoms with Gasteiger partial charge in [-0.05, 0) is 54.0 Å². The summed E-state index contributed by atoms with van der Waals surface area (Å²) in [5.74, 6) is 0.206. The van der Waals surface area contributed by atoms with Crippen LogP contribution in [0.1, 0.15) is 22.3 Å². The molecule has 1 aliphatic heterocycles. The van der Waals surface area contributed by atoms with Crippen molar-refractivity contribution in [3.63, 3.8) is 0 Å². The molecule has 6 nitrogen and oxygen atoms in total. The van der Waals surface area contributed by atoms with E-state index in [0.717, 1.165) is 11.1 Å². The van der Waals surface area contributed by atoms with Crippen LogP contribution in [0.3, 0.4) is 0 Å². The highest BCUT2D eigenvalue weighted by atomic mass is 19.1. The Hall–Kier alpha value is -4.13. The maximum atomic E-state index is 13.4. The number of halogens is 1. The number of imide groups is 1. The number of rotatable bonds is 7. The third-order valence-electron chi connectivity index (χ3n) is 5.17. The molecule has 0 radical (unpaired) electrons. The van der Waals surface area contributed by atoms with Crippen LogP contribution in [-0.2, 0) is 17.9 Å². The molecule has 0 spiro atoms. The molecule has 0 aromatic heterocycles. The van der Waals surface area contributed by atoms with Crippen molar-refractivity contribution in [3.05, 3.63) is 100 Å². The van der Waals surface area contributed by atoms with Crippen molar-refractivity contribution in [2.24, 2.45) is 0 Å². The summed E-state index contributed by atoms with van der Waals surface area (Å²) in [7, 11) is 1.51. The molecular weight excluding hydrogens is 423 g/mol. The Kier molecular flexibility index (Phi) is 6.40. The van der Waals surface area contributed by atoms with Crippen molar-refractivity contribution in [1.82, 2.24) is 10.2 Å². The maximum absolute atomic E-state index is 13.4. The summed E-state index contributed by atoms with van der Waals surface area (Å²) in [6, 6.07) is 18.5. The van der Waals surface area contributed by atoms with Crippen LogP contribution >= 0.6 is 0 Å². The lowest BCUT2D eigenvalue weighted by Crippen LogP contribution is -2.30. The Morgan fingerprint density at radius 2 is 1.76 bits per heavy atom. The van der Waals surface area contributed by atoms with Gasteiger partial charge in [-0.3, -0.25) is 9.69 Å². The van der Waals surface area contributed by atoms with E-state index < -0.39 is 11.9 Å². The molecule has 1 aliphatic rings. The molecule has 0 atom stereocenters. The van der Waals surface area contributed by atoms with Crippen LogP contribution in [0.4, 0.5) is 9.18 Å². The molecule has 0 saturated carbocycles. The predicted molar refractivity (Wildman–Crippen MR) is 122 cm³/mol. The van der Waals surface area contributed by atoms with Gasteiger partial charge in [0.05, 0.1) is 13.7 Å². The molecular formula is C26H23FN2O4. The average Bonchev–Trinajstić information content (AvgIpc) is 3.05. The van der Waals surface area contributed by atoms with Crippen molar-refractivity contribution >= 4 is 18.0 Å². The second-order valence-corrected chi connectivity index (χ2v) is 7.70. The van der Waals surface area contributed by atoms with E-state index in [9.17, 15) is 14.0 Å². The minimum atomic E-state index is -0.463. The van der Waals surface area contributed by atoms with Crippen LogP contribution in [0.25, 0.3) is 6.08 Å². The zero-order valence-electron chi connectivity index (χ0n) is 18.3. The topological polar surface area (TPSA) is 67.9 Å². The number of amides is 3. The van der Waals surface area contributed by atoms with E-state index in [2.05, 4.69) is 5.32 Å². The van der Waals surface area contributed by atoms with Crippen molar-refractivity contribution in [3.8, 4) is 11.5 Å². The normalized spacial score (nSPS) is 14.5. The van der Waals surface area contributed by atoms with Crippen LogP contribution in [0.5, 0.6) is 11.5 Å². The van der Waals surface area contributed by atoms with Gasteiger partial charge in [-0.2, -0.15) is 0 Å². The third kappa shape index (κ3) is 5.20. The van der Waals surface area contributed by atoms with Crippen LogP contribution in [0.15, 0.2) is 72.4 Å². The molecule has 7 heteroatoms. The van der Waals surface area contributed by atoms with E-state index in [1.165, 1.54) is 24.1 Å². The molecule has 0 unspecified atom stereocenters. The molecule has 33 heavy (non-hydrogen) atoms. The Balaban J connectivity index is 1.49. The van der Waals surface area contributed by atoms with Gasteiger partial charge >= 0.3 is 6.03 Å². The highest BCUT2D eigenvalue weighted by molar-refractivity contribution is 6.13. The standard InChI is InChI=1S/C26H23FN2O4/c1-17-5-3-6-19(11-17)15-29-25(30)22(28-26(29)31)13-18-9-10-23(24(14-18)32-2)33-16-20-7-4-8-21(27)12-20/h3-14H,15-16H2,1-2H3,(H,28,31)/b22-13+. The Labute approximate surface area is 191 Å². The van der Waals surface area contributed by atoms with Gasteiger partial charge in [0, 0.05) is 0 Å². The first-order valence-corrected chi connectivity index (χ1v) is 10.4. The third-order valence-corrected chi connectivity index (χ3v) is 5.17. The van der Waals surface area contributed by atoms with Crippen LogP contribution in [0, 0.1) is 12.7 Å². The van der Waals surface area contributed by atoms with Gasteiger partial charge in [0.2, 0.25) is 0 Å². The van der Waals surface area contributed by atoms with Gasteiger partial charge in [-0.1, -0.05) is 48.0 Å². The summed E-state index contributed by atoms with van der Waals surface area (Å²) in [6.45, 7) is 2.33. The van der Waals surface area contributed by atoms with Gasteiger partial charge in [0.15, 0.2) is 11.5 Å². The SMILES string of the molecule is COc1cc(/C=C2/NC(=O)N(Cc3cccc(C)c3)C2=O)ccc1OCc1cccc(F)c1. The summed E-state index contributed by atoms with van der Waals surface area (Å²) in [5, 5.41) is 2.63. The monoisotopic (exact) mass is 446 g/mol. The molecule has 0 aliphatic carbocycles. The second kappa shape index (κ2) is 9.56. The Bertz CT molecular complexity index is 1240. The molecule has 3 amide bonds.